The summed E-state index contributed by atoms with van der Waals surface area (Å²) in [6.45, 7) is 7.54. The summed E-state index contributed by atoms with van der Waals surface area (Å²) < 4.78 is 0. The molecule has 1 aromatic heterocycles. The van der Waals surface area contributed by atoms with Gasteiger partial charge in [-0.2, -0.15) is 4.98 Å². The predicted octanol–water partition coefficient (Wildman–Crippen LogP) is 2.31. The number of aromatic nitrogens is 2. The summed E-state index contributed by atoms with van der Waals surface area (Å²) >= 11 is 0. The van der Waals surface area contributed by atoms with Gasteiger partial charge >= 0.3 is 0 Å². The average Bonchev–Trinajstić information content (AvgIpc) is 2.33. The van der Waals surface area contributed by atoms with E-state index in [1.54, 1.807) is 12.3 Å². The minimum atomic E-state index is 0.653. The van der Waals surface area contributed by atoms with Crippen molar-refractivity contribution >= 4 is 11.8 Å². The van der Waals surface area contributed by atoms with Gasteiger partial charge in [0.1, 0.15) is 5.82 Å². The molecule has 16 heavy (non-hydrogen) atoms. The second kappa shape index (κ2) is 6.82. The molecule has 0 unspecified atom stereocenters. The second-order valence-electron chi connectivity index (χ2n) is 3.68. The van der Waals surface area contributed by atoms with E-state index in [1.807, 2.05) is 6.07 Å². The summed E-state index contributed by atoms with van der Waals surface area (Å²) in [5.41, 5.74) is 0. The van der Waals surface area contributed by atoms with Crippen molar-refractivity contribution in [2.24, 2.45) is 0 Å². The third kappa shape index (κ3) is 3.88. The highest BCUT2D eigenvalue weighted by Gasteiger charge is 2.03. The van der Waals surface area contributed by atoms with Crippen molar-refractivity contribution < 1.29 is 0 Å². The Morgan fingerprint density at radius 2 is 2.38 bits per heavy atom. The Labute approximate surface area is 97.4 Å². The summed E-state index contributed by atoms with van der Waals surface area (Å²) in [5, 5.41) is 3.08. The Kier molecular flexibility index (Phi) is 5.32. The quantitative estimate of drug-likeness (QED) is 0.716. The van der Waals surface area contributed by atoms with Crippen molar-refractivity contribution in [3.8, 4) is 0 Å². The van der Waals surface area contributed by atoms with Gasteiger partial charge in [0, 0.05) is 26.3 Å². The van der Waals surface area contributed by atoms with E-state index in [1.165, 1.54) is 12.8 Å². The molecule has 0 spiro atoms. The molecule has 0 bridgehead atoms. The van der Waals surface area contributed by atoms with Crippen LogP contribution in [0.1, 0.15) is 19.8 Å². The minimum Gasteiger partial charge on any atom is -0.360 e. The lowest BCUT2D eigenvalue weighted by atomic mass is 10.3. The normalized spacial score (nSPS) is 9.88. The smallest absolute Gasteiger partial charge is 0.224 e. The van der Waals surface area contributed by atoms with E-state index < -0.39 is 0 Å². The first-order valence-corrected chi connectivity index (χ1v) is 5.67. The highest BCUT2D eigenvalue weighted by atomic mass is 15.2. The molecule has 0 aliphatic rings. The van der Waals surface area contributed by atoms with E-state index in [0.29, 0.717) is 12.5 Å². The molecule has 1 N–H and O–H groups in total. The zero-order valence-electron chi connectivity index (χ0n) is 10.1. The van der Waals surface area contributed by atoms with Crippen LogP contribution in [-0.2, 0) is 0 Å². The van der Waals surface area contributed by atoms with Gasteiger partial charge in [-0.3, -0.25) is 0 Å². The van der Waals surface area contributed by atoms with Crippen LogP contribution < -0.4 is 10.2 Å². The first-order chi connectivity index (χ1) is 7.77. The van der Waals surface area contributed by atoms with Crippen molar-refractivity contribution in [2.45, 2.75) is 19.8 Å². The van der Waals surface area contributed by atoms with Gasteiger partial charge in [0.05, 0.1) is 0 Å². The van der Waals surface area contributed by atoms with Crippen LogP contribution in [0.25, 0.3) is 0 Å². The van der Waals surface area contributed by atoms with Crippen molar-refractivity contribution in [2.75, 3.05) is 30.4 Å². The SMILES string of the molecule is C=CCNc1nccc(N(C)CCCC)n1. The summed E-state index contributed by atoms with van der Waals surface area (Å²) in [5.74, 6) is 1.61. The highest BCUT2D eigenvalue weighted by molar-refractivity contribution is 5.41. The molecule has 0 fully saturated rings. The fourth-order valence-electron chi connectivity index (χ4n) is 1.32. The summed E-state index contributed by atoms with van der Waals surface area (Å²) in [7, 11) is 2.05. The molecule has 0 saturated heterocycles. The molecule has 0 radical (unpaired) electrons. The molecule has 1 aromatic rings. The van der Waals surface area contributed by atoms with Crippen molar-refractivity contribution in [1.82, 2.24) is 9.97 Å². The molecule has 0 aromatic carbocycles. The molecule has 0 atom stereocenters. The highest BCUT2D eigenvalue weighted by Crippen LogP contribution is 2.10. The van der Waals surface area contributed by atoms with Crippen molar-refractivity contribution in [3.05, 3.63) is 24.9 Å². The Morgan fingerprint density at radius 1 is 1.56 bits per heavy atom. The summed E-state index contributed by atoms with van der Waals surface area (Å²) in [6.07, 6.45) is 5.93. The maximum atomic E-state index is 4.42. The minimum absolute atomic E-state index is 0.653. The Balaban J connectivity index is 2.61. The molecule has 88 valence electrons. The fourth-order valence-corrected chi connectivity index (χ4v) is 1.32. The van der Waals surface area contributed by atoms with Crippen LogP contribution in [0.15, 0.2) is 24.9 Å². The zero-order valence-corrected chi connectivity index (χ0v) is 10.1. The maximum Gasteiger partial charge on any atom is 0.224 e. The molecular weight excluding hydrogens is 200 g/mol. The van der Waals surface area contributed by atoms with Crippen molar-refractivity contribution in [1.29, 1.82) is 0 Å². The van der Waals surface area contributed by atoms with E-state index in [0.717, 1.165) is 12.4 Å². The number of nitrogens with zero attached hydrogens (tertiary/aromatic N) is 3. The molecule has 4 nitrogen and oxygen atoms in total. The van der Waals surface area contributed by atoms with Crippen LogP contribution in [-0.4, -0.2) is 30.1 Å². The maximum absolute atomic E-state index is 4.42. The number of anilines is 2. The van der Waals surface area contributed by atoms with Gasteiger partial charge in [-0.1, -0.05) is 19.4 Å². The number of rotatable bonds is 7. The largest absolute Gasteiger partial charge is 0.360 e. The van der Waals surface area contributed by atoms with E-state index in [9.17, 15) is 0 Å². The molecule has 1 heterocycles. The number of nitrogens with one attached hydrogen (secondary N) is 1. The van der Waals surface area contributed by atoms with Crippen LogP contribution in [0.2, 0.25) is 0 Å². The van der Waals surface area contributed by atoms with Crippen LogP contribution in [0, 0.1) is 0 Å². The third-order valence-electron chi connectivity index (χ3n) is 2.28. The third-order valence-corrected chi connectivity index (χ3v) is 2.28. The summed E-state index contributed by atoms with van der Waals surface area (Å²) in [6, 6.07) is 1.93. The number of hydrogen-bond donors (Lipinski definition) is 1. The Morgan fingerprint density at radius 3 is 3.06 bits per heavy atom. The lowest BCUT2D eigenvalue weighted by Gasteiger charge is -2.17. The predicted molar refractivity (Wildman–Crippen MR) is 68.9 cm³/mol. The van der Waals surface area contributed by atoms with Gasteiger partial charge in [-0.25, -0.2) is 4.98 Å². The molecule has 4 heteroatoms. The van der Waals surface area contributed by atoms with Gasteiger partial charge in [0.2, 0.25) is 5.95 Å². The molecule has 0 aliphatic carbocycles. The van der Waals surface area contributed by atoms with Crippen LogP contribution in [0.5, 0.6) is 0 Å². The molecular formula is C12H20N4. The van der Waals surface area contributed by atoms with Gasteiger partial charge in [-0.05, 0) is 12.5 Å². The molecule has 0 saturated carbocycles. The van der Waals surface area contributed by atoms with E-state index in [2.05, 4.69) is 40.7 Å². The van der Waals surface area contributed by atoms with Crippen LogP contribution in [0.3, 0.4) is 0 Å². The number of hydrogen-bond acceptors (Lipinski definition) is 4. The van der Waals surface area contributed by atoms with Gasteiger partial charge in [-0.15, -0.1) is 6.58 Å². The fraction of sp³-hybridized carbons (Fsp3) is 0.500. The standard InChI is InChI=1S/C12H20N4/c1-4-6-10-16(3)11-7-9-14-12(15-11)13-8-5-2/h5,7,9H,2,4,6,8,10H2,1,3H3,(H,13,14,15). The number of unbranched alkanes of at least 4 members (excludes halogenated alkanes) is 1. The van der Waals surface area contributed by atoms with Gasteiger partial charge in [0.15, 0.2) is 0 Å². The van der Waals surface area contributed by atoms with E-state index in [-0.39, 0.29) is 0 Å². The first-order valence-electron chi connectivity index (χ1n) is 5.67. The van der Waals surface area contributed by atoms with Crippen molar-refractivity contribution in [3.63, 3.8) is 0 Å². The van der Waals surface area contributed by atoms with Gasteiger partial charge < -0.3 is 10.2 Å². The average molecular weight is 220 g/mol. The first kappa shape index (κ1) is 12.5. The van der Waals surface area contributed by atoms with E-state index >= 15 is 0 Å². The topological polar surface area (TPSA) is 41.1 Å². The second-order valence-corrected chi connectivity index (χ2v) is 3.68. The molecule has 0 aliphatic heterocycles. The molecule has 0 amide bonds. The zero-order chi connectivity index (χ0) is 11.8. The van der Waals surface area contributed by atoms with Crippen LogP contribution >= 0.6 is 0 Å². The Bertz CT molecular complexity index is 325. The lowest BCUT2D eigenvalue weighted by molar-refractivity contribution is 0.758. The van der Waals surface area contributed by atoms with Gasteiger partial charge in [0.25, 0.3) is 0 Å². The van der Waals surface area contributed by atoms with Crippen LogP contribution in [0.4, 0.5) is 11.8 Å². The monoisotopic (exact) mass is 220 g/mol. The van der Waals surface area contributed by atoms with E-state index in [4.69, 9.17) is 0 Å². The summed E-state index contributed by atoms with van der Waals surface area (Å²) in [4.78, 5) is 10.7. The Hall–Kier alpha value is -1.58. The molecule has 1 rings (SSSR count). The lowest BCUT2D eigenvalue weighted by Crippen LogP contribution is -2.20.